The molecule has 3 heteroatoms. The van der Waals surface area contributed by atoms with E-state index in [1.165, 1.54) is 24.0 Å². The highest BCUT2D eigenvalue weighted by atomic mass is 15.0. The summed E-state index contributed by atoms with van der Waals surface area (Å²) < 4.78 is 2.17. The molecule has 2 aromatic heterocycles. The van der Waals surface area contributed by atoms with Gasteiger partial charge in [-0.15, -0.1) is 0 Å². The Labute approximate surface area is 89.1 Å². The van der Waals surface area contributed by atoms with Gasteiger partial charge in [-0.25, -0.2) is 4.98 Å². The number of nitrogens with one attached hydrogen (secondary N) is 1. The molecule has 2 heterocycles. The number of imidazole rings is 1. The van der Waals surface area contributed by atoms with Crippen molar-refractivity contribution in [3.05, 3.63) is 30.4 Å². The standard InChI is InChI=1S/C12H15N3/c1-2-12-13-8-11-10(14-9-5-6-9)4-3-7-15(11)12/h3-4,7-9,14H,2,5-6H2,1H3. The summed E-state index contributed by atoms with van der Waals surface area (Å²) in [4.78, 5) is 4.43. The maximum Gasteiger partial charge on any atom is 0.112 e. The lowest BCUT2D eigenvalue weighted by Gasteiger charge is -2.06. The van der Waals surface area contributed by atoms with Crippen LogP contribution in [0.15, 0.2) is 24.5 Å². The molecule has 0 spiro atoms. The van der Waals surface area contributed by atoms with E-state index in [0.717, 1.165) is 12.2 Å². The highest BCUT2D eigenvalue weighted by molar-refractivity contribution is 5.72. The van der Waals surface area contributed by atoms with Gasteiger partial charge >= 0.3 is 0 Å². The third-order valence-corrected chi connectivity index (χ3v) is 2.90. The molecule has 1 N–H and O–H groups in total. The number of anilines is 1. The predicted octanol–water partition coefficient (Wildman–Crippen LogP) is 2.47. The number of rotatable bonds is 3. The van der Waals surface area contributed by atoms with Crippen molar-refractivity contribution in [2.45, 2.75) is 32.2 Å². The zero-order chi connectivity index (χ0) is 10.3. The zero-order valence-electron chi connectivity index (χ0n) is 8.90. The number of aryl methyl sites for hydroxylation is 1. The first-order valence-corrected chi connectivity index (χ1v) is 5.60. The molecule has 0 unspecified atom stereocenters. The van der Waals surface area contributed by atoms with Crippen LogP contribution in [0, 0.1) is 0 Å². The Bertz CT molecular complexity index is 483. The molecule has 0 bridgehead atoms. The minimum atomic E-state index is 0.691. The lowest BCUT2D eigenvalue weighted by Crippen LogP contribution is -2.02. The Morgan fingerprint density at radius 1 is 1.53 bits per heavy atom. The molecule has 0 radical (unpaired) electrons. The molecular formula is C12H15N3. The molecule has 1 saturated carbocycles. The monoisotopic (exact) mass is 201 g/mol. The summed E-state index contributed by atoms with van der Waals surface area (Å²) in [7, 11) is 0. The van der Waals surface area contributed by atoms with Crippen molar-refractivity contribution in [2.24, 2.45) is 0 Å². The van der Waals surface area contributed by atoms with Gasteiger partial charge in [0.1, 0.15) is 5.82 Å². The summed E-state index contributed by atoms with van der Waals surface area (Å²) in [6.45, 7) is 2.13. The Kier molecular flexibility index (Phi) is 1.91. The Balaban J connectivity index is 2.08. The molecule has 3 nitrogen and oxygen atoms in total. The average molecular weight is 201 g/mol. The van der Waals surface area contributed by atoms with Gasteiger partial charge in [0, 0.05) is 18.7 Å². The molecule has 78 valence electrons. The summed E-state index contributed by atoms with van der Waals surface area (Å²) in [5.74, 6) is 1.13. The van der Waals surface area contributed by atoms with Crippen molar-refractivity contribution in [3.63, 3.8) is 0 Å². The van der Waals surface area contributed by atoms with Crippen molar-refractivity contribution >= 4 is 11.2 Å². The maximum atomic E-state index is 4.43. The first-order valence-electron chi connectivity index (χ1n) is 5.60. The highest BCUT2D eigenvalue weighted by Crippen LogP contribution is 2.27. The van der Waals surface area contributed by atoms with Crippen LogP contribution >= 0.6 is 0 Å². The molecule has 0 atom stereocenters. The molecule has 2 aromatic rings. The van der Waals surface area contributed by atoms with Gasteiger partial charge in [-0.05, 0) is 25.0 Å². The average Bonchev–Trinajstić information content (AvgIpc) is 2.97. The first-order chi connectivity index (χ1) is 7.38. The zero-order valence-corrected chi connectivity index (χ0v) is 8.90. The third-order valence-electron chi connectivity index (χ3n) is 2.90. The van der Waals surface area contributed by atoms with Gasteiger partial charge in [-0.1, -0.05) is 6.92 Å². The van der Waals surface area contributed by atoms with Gasteiger partial charge < -0.3 is 9.72 Å². The topological polar surface area (TPSA) is 29.3 Å². The number of pyridine rings is 1. The molecule has 0 aliphatic heterocycles. The second kappa shape index (κ2) is 3.26. The van der Waals surface area contributed by atoms with Crippen molar-refractivity contribution in [2.75, 3.05) is 5.32 Å². The van der Waals surface area contributed by atoms with Crippen LogP contribution in [0.4, 0.5) is 5.69 Å². The quantitative estimate of drug-likeness (QED) is 0.826. The largest absolute Gasteiger partial charge is 0.381 e. The van der Waals surface area contributed by atoms with Gasteiger partial charge in [0.2, 0.25) is 0 Å². The summed E-state index contributed by atoms with van der Waals surface area (Å²) in [6, 6.07) is 4.91. The second-order valence-corrected chi connectivity index (χ2v) is 4.12. The molecular weight excluding hydrogens is 186 g/mol. The molecule has 0 aromatic carbocycles. The Morgan fingerprint density at radius 3 is 3.13 bits per heavy atom. The SMILES string of the molecule is CCc1ncc2c(NC3CC3)cccn12. The van der Waals surface area contributed by atoms with Crippen LogP contribution < -0.4 is 5.32 Å². The van der Waals surface area contributed by atoms with Crippen LogP contribution in [0.3, 0.4) is 0 Å². The van der Waals surface area contributed by atoms with Crippen molar-refractivity contribution in [1.29, 1.82) is 0 Å². The van der Waals surface area contributed by atoms with Crippen LogP contribution in [-0.4, -0.2) is 15.4 Å². The van der Waals surface area contributed by atoms with Gasteiger partial charge in [0.05, 0.1) is 17.4 Å². The summed E-state index contributed by atoms with van der Waals surface area (Å²) in [6.07, 6.45) is 7.62. The molecule has 1 aliphatic rings. The Hall–Kier alpha value is -1.51. The molecule has 15 heavy (non-hydrogen) atoms. The van der Waals surface area contributed by atoms with Gasteiger partial charge in [-0.2, -0.15) is 0 Å². The second-order valence-electron chi connectivity index (χ2n) is 4.12. The molecule has 1 aliphatic carbocycles. The van der Waals surface area contributed by atoms with Crippen molar-refractivity contribution in [3.8, 4) is 0 Å². The van der Waals surface area contributed by atoms with E-state index >= 15 is 0 Å². The number of hydrogen-bond acceptors (Lipinski definition) is 2. The van der Waals surface area contributed by atoms with Crippen LogP contribution in [0.25, 0.3) is 5.52 Å². The first kappa shape index (κ1) is 8.77. The van der Waals surface area contributed by atoms with Gasteiger partial charge in [0.25, 0.3) is 0 Å². The lowest BCUT2D eigenvalue weighted by molar-refractivity contribution is 0.933. The maximum absolute atomic E-state index is 4.43. The molecule has 0 saturated heterocycles. The number of aromatic nitrogens is 2. The minimum absolute atomic E-state index is 0.691. The van der Waals surface area contributed by atoms with Crippen LogP contribution in [0.2, 0.25) is 0 Å². The fourth-order valence-electron chi connectivity index (χ4n) is 1.91. The number of fused-ring (bicyclic) bond motifs is 1. The van der Waals surface area contributed by atoms with E-state index in [2.05, 4.69) is 40.0 Å². The van der Waals surface area contributed by atoms with E-state index in [4.69, 9.17) is 0 Å². The molecule has 3 rings (SSSR count). The van der Waals surface area contributed by atoms with Gasteiger partial charge in [-0.3, -0.25) is 0 Å². The fraction of sp³-hybridized carbons (Fsp3) is 0.417. The summed E-state index contributed by atoms with van der Waals surface area (Å²) in [5.41, 5.74) is 2.41. The van der Waals surface area contributed by atoms with Crippen LogP contribution in [-0.2, 0) is 6.42 Å². The summed E-state index contributed by atoms with van der Waals surface area (Å²) in [5, 5.41) is 3.54. The van der Waals surface area contributed by atoms with E-state index in [1.54, 1.807) is 0 Å². The number of hydrogen-bond donors (Lipinski definition) is 1. The van der Waals surface area contributed by atoms with E-state index < -0.39 is 0 Å². The van der Waals surface area contributed by atoms with E-state index in [9.17, 15) is 0 Å². The molecule has 1 fully saturated rings. The molecule has 0 amide bonds. The summed E-state index contributed by atoms with van der Waals surface area (Å²) >= 11 is 0. The number of nitrogens with zero attached hydrogens (tertiary/aromatic N) is 2. The van der Waals surface area contributed by atoms with Gasteiger partial charge in [0.15, 0.2) is 0 Å². The lowest BCUT2D eigenvalue weighted by atomic mass is 10.3. The fourth-order valence-corrected chi connectivity index (χ4v) is 1.91. The highest BCUT2D eigenvalue weighted by Gasteiger charge is 2.21. The predicted molar refractivity (Wildman–Crippen MR) is 61.2 cm³/mol. The van der Waals surface area contributed by atoms with Crippen molar-refractivity contribution in [1.82, 2.24) is 9.38 Å². The van der Waals surface area contributed by atoms with E-state index in [0.29, 0.717) is 6.04 Å². The van der Waals surface area contributed by atoms with E-state index in [1.807, 2.05) is 6.20 Å². The third kappa shape index (κ3) is 1.48. The smallest absolute Gasteiger partial charge is 0.112 e. The minimum Gasteiger partial charge on any atom is -0.381 e. The van der Waals surface area contributed by atoms with Crippen molar-refractivity contribution < 1.29 is 0 Å². The normalized spacial score (nSPS) is 15.8. The van der Waals surface area contributed by atoms with E-state index in [-0.39, 0.29) is 0 Å². The van der Waals surface area contributed by atoms with Crippen LogP contribution in [0.5, 0.6) is 0 Å². The van der Waals surface area contributed by atoms with Crippen LogP contribution in [0.1, 0.15) is 25.6 Å². The Morgan fingerprint density at radius 2 is 2.40 bits per heavy atom.